The normalized spacial score (nSPS) is 11.8. The predicted octanol–water partition coefficient (Wildman–Crippen LogP) is 1.36. The van der Waals surface area contributed by atoms with Crippen molar-refractivity contribution in [2.24, 2.45) is 5.73 Å². The Morgan fingerprint density at radius 1 is 1.62 bits per heavy atom. The highest BCUT2D eigenvalue weighted by molar-refractivity contribution is 5.38. The van der Waals surface area contributed by atoms with Gasteiger partial charge in [0, 0.05) is 5.56 Å². The van der Waals surface area contributed by atoms with Crippen molar-refractivity contribution in [1.82, 2.24) is 0 Å². The fourth-order valence-corrected chi connectivity index (χ4v) is 1.02. The van der Waals surface area contributed by atoms with Gasteiger partial charge in [-0.25, -0.2) is 4.39 Å². The van der Waals surface area contributed by atoms with E-state index in [1.165, 1.54) is 25.3 Å². The lowest BCUT2D eigenvalue weighted by Crippen LogP contribution is -2.09. The molecule has 0 spiro atoms. The van der Waals surface area contributed by atoms with Crippen LogP contribution in [-0.4, -0.2) is 7.11 Å². The van der Waals surface area contributed by atoms with E-state index < -0.39 is 11.9 Å². The highest BCUT2D eigenvalue weighted by Crippen LogP contribution is 2.23. The quantitative estimate of drug-likeness (QED) is 0.747. The zero-order chi connectivity index (χ0) is 9.84. The molecule has 13 heavy (non-hydrogen) atoms. The molecular weight excluding hydrogens is 171 g/mol. The zero-order valence-corrected chi connectivity index (χ0v) is 7.12. The van der Waals surface area contributed by atoms with Crippen LogP contribution in [0.3, 0.4) is 0 Å². The van der Waals surface area contributed by atoms with Crippen LogP contribution >= 0.6 is 0 Å². The fourth-order valence-electron chi connectivity index (χ4n) is 1.02. The van der Waals surface area contributed by atoms with E-state index in [1.54, 1.807) is 0 Å². The smallest absolute Gasteiger partial charge is 0.124 e. The molecule has 3 nitrogen and oxygen atoms in total. The summed E-state index contributed by atoms with van der Waals surface area (Å²) < 4.78 is 17.7. The lowest BCUT2D eigenvalue weighted by molar-refractivity contribution is 0.407. The van der Waals surface area contributed by atoms with Gasteiger partial charge < -0.3 is 10.5 Å². The molecule has 1 atom stereocenters. The van der Waals surface area contributed by atoms with Crippen LogP contribution in [0.5, 0.6) is 5.75 Å². The van der Waals surface area contributed by atoms with Gasteiger partial charge in [-0.1, -0.05) is 0 Å². The number of nitrogens with zero attached hydrogens (tertiary/aromatic N) is 1. The monoisotopic (exact) mass is 180 g/mol. The summed E-state index contributed by atoms with van der Waals surface area (Å²) in [5.41, 5.74) is 5.80. The fraction of sp³-hybridized carbons (Fsp3) is 0.222. The standard InChI is InChI=1S/C9H9FN2O/c1-13-9-3-2-6(10)4-7(9)8(12)5-11/h2-4,8H,12H2,1H3/t8-/m1/s1. The number of halogens is 1. The van der Waals surface area contributed by atoms with Gasteiger partial charge >= 0.3 is 0 Å². The molecule has 0 heterocycles. The van der Waals surface area contributed by atoms with Crippen molar-refractivity contribution in [3.63, 3.8) is 0 Å². The summed E-state index contributed by atoms with van der Waals surface area (Å²) in [6.07, 6.45) is 0. The molecule has 0 saturated carbocycles. The Morgan fingerprint density at radius 2 is 2.31 bits per heavy atom. The van der Waals surface area contributed by atoms with Gasteiger partial charge in [-0.05, 0) is 18.2 Å². The Hall–Kier alpha value is -1.60. The van der Waals surface area contributed by atoms with E-state index in [0.717, 1.165) is 0 Å². The van der Waals surface area contributed by atoms with Crippen LogP contribution in [0, 0.1) is 17.1 Å². The molecular formula is C9H9FN2O. The third-order valence-corrected chi connectivity index (χ3v) is 1.67. The first-order valence-electron chi connectivity index (χ1n) is 3.67. The number of hydrogen-bond donors (Lipinski definition) is 1. The van der Waals surface area contributed by atoms with E-state index in [9.17, 15) is 4.39 Å². The van der Waals surface area contributed by atoms with E-state index in [1.807, 2.05) is 6.07 Å². The molecule has 2 N–H and O–H groups in total. The van der Waals surface area contributed by atoms with Crippen LogP contribution in [0.25, 0.3) is 0 Å². The van der Waals surface area contributed by atoms with Crippen molar-refractivity contribution in [3.8, 4) is 11.8 Å². The van der Waals surface area contributed by atoms with Gasteiger partial charge in [0.25, 0.3) is 0 Å². The Morgan fingerprint density at radius 3 is 2.85 bits per heavy atom. The Bertz CT molecular complexity index is 346. The molecule has 0 radical (unpaired) electrons. The first-order chi connectivity index (χ1) is 6.19. The highest BCUT2D eigenvalue weighted by atomic mass is 19.1. The summed E-state index contributed by atoms with van der Waals surface area (Å²) in [4.78, 5) is 0. The first-order valence-corrected chi connectivity index (χ1v) is 3.67. The van der Waals surface area contributed by atoms with Crippen LogP contribution < -0.4 is 10.5 Å². The SMILES string of the molecule is COc1ccc(F)cc1[C@H](N)C#N. The van der Waals surface area contributed by atoms with Gasteiger partial charge in [0.2, 0.25) is 0 Å². The van der Waals surface area contributed by atoms with Crippen molar-refractivity contribution < 1.29 is 9.13 Å². The predicted molar refractivity (Wildman–Crippen MR) is 45.5 cm³/mol. The summed E-state index contributed by atoms with van der Waals surface area (Å²) in [5, 5.41) is 8.55. The van der Waals surface area contributed by atoms with Gasteiger partial charge in [0.1, 0.15) is 17.6 Å². The molecule has 0 amide bonds. The average Bonchev–Trinajstić information content (AvgIpc) is 2.16. The third kappa shape index (κ3) is 1.95. The molecule has 4 heteroatoms. The minimum Gasteiger partial charge on any atom is -0.496 e. The number of benzene rings is 1. The van der Waals surface area contributed by atoms with Gasteiger partial charge in [0.15, 0.2) is 0 Å². The van der Waals surface area contributed by atoms with Crippen molar-refractivity contribution in [2.75, 3.05) is 7.11 Å². The van der Waals surface area contributed by atoms with Crippen LogP contribution in [0.2, 0.25) is 0 Å². The number of methoxy groups -OCH3 is 1. The number of nitriles is 1. The van der Waals surface area contributed by atoms with Crippen LogP contribution in [0.4, 0.5) is 4.39 Å². The number of hydrogen-bond acceptors (Lipinski definition) is 3. The molecule has 0 bridgehead atoms. The van der Waals surface area contributed by atoms with Gasteiger partial charge in [-0.2, -0.15) is 5.26 Å². The molecule has 0 aliphatic rings. The molecule has 1 aromatic rings. The van der Waals surface area contributed by atoms with Crippen molar-refractivity contribution in [3.05, 3.63) is 29.6 Å². The lowest BCUT2D eigenvalue weighted by atomic mass is 10.1. The lowest BCUT2D eigenvalue weighted by Gasteiger charge is -2.09. The van der Waals surface area contributed by atoms with E-state index >= 15 is 0 Å². The molecule has 0 aliphatic heterocycles. The van der Waals surface area contributed by atoms with Crippen LogP contribution in [-0.2, 0) is 0 Å². The zero-order valence-electron chi connectivity index (χ0n) is 7.12. The summed E-state index contributed by atoms with van der Waals surface area (Å²) in [6, 6.07) is 4.86. The Kier molecular flexibility index (Phi) is 2.83. The third-order valence-electron chi connectivity index (χ3n) is 1.67. The Balaban J connectivity index is 3.17. The maximum absolute atomic E-state index is 12.8. The summed E-state index contributed by atoms with van der Waals surface area (Å²) >= 11 is 0. The summed E-state index contributed by atoms with van der Waals surface area (Å²) in [6.45, 7) is 0. The number of nitrogens with two attached hydrogens (primary N) is 1. The van der Waals surface area contributed by atoms with E-state index in [-0.39, 0.29) is 0 Å². The highest BCUT2D eigenvalue weighted by Gasteiger charge is 2.11. The summed E-state index contributed by atoms with van der Waals surface area (Å²) in [7, 11) is 1.45. The molecule has 0 unspecified atom stereocenters. The van der Waals surface area contributed by atoms with Crippen LogP contribution in [0.1, 0.15) is 11.6 Å². The van der Waals surface area contributed by atoms with Gasteiger partial charge in [-0.3, -0.25) is 0 Å². The topological polar surface area (TPSA) is 59.0 Å². The van der Waals surface area contributed by atoms with Crippen molar-refractivity contribution >= 4 is 0 Å². The average molecular weight is 180 g/mol. The Labute approximate surface area is 75.5 Å². The van der Waals surface area contributed by atoms with Crippen LogP contribution in [0.15, 0.2) is 18.2 Å². The maximum atomic E-state index is 12.8. The number of rotatable bonds is 2. The summed E-state index contributed by atoms with van der Waals surface area (Å²) in [5.74, 6) is -0.00282. The second kappa shape index (κ2) is 3.87. The minimum absolute atomic E-state index is 0.366. The molecule has 0 aromatic heterocycles. The molecule has 0 aliphatic carbocycles. The molecule has 1 aromatic carbocycles. The second-order valence-electron chi connectivity index (χ2n) is 2.49. The number of ether oxygens (including phenoxy) is 1. The van der Waals surface area contributed by atoms with Gasteiger partial charge in [-0.15, -0.1) is 0 Å². The van der Waals surface area contributed by atoms with Crippen molar-refractivity contribution in [2.45, 2.75) is 6.04 Å². The van der Waals surface area contributed by atoms with Gasteiger partial charge in [0.05, 0.1) is 13.2 Å². The van der Waals surface area contributed by atoms with E-state index in [2.05, 4.69) is 0 Å². The van der Waals surface area contributed by atoms with E-state index in [4.69, 9.17) is 15.7 Å². The molecule has 0 fully saturated rings. The van der Waals surface area contributed by atoms with E-state index in [0.29, 0.717) is 11.3 Å². The molecule has 1 rings (SSSR count). The minimum atomic E-state index is -0.856. The molecule has 68 valence electrons. The second-order valence-corrected chi connectivity index (χ2v) is 2.49. The van der Waals surface area contributed by atoms with Crippen molar-refractivity contribution in [1.29, 1.82) is 5.26 Å². The first kappa shape index (κ1) is 9.49. The molecule has 0 saturated heterocycles. The largest absolute Gasteiger partial charge is 0.496 e. The maximum Gasteiger partial charge on any atom is 0.124 e.